The lowest BCUT2D eigenvalue weighted by Gasteiger charge is -2.05. The molecule has 0 saturated heterocycles. The highest BCUT2D eigenvalue weighted by atomic mass is 16.6. The second-order valence-corrected chi connectivity index (χ2v) is 3.68. The molecule has 1 heterocycles. The van der Waals surface area contributed by atoms with Crippen molar-refractivity contribution in [2.24, 2.45) is 0 Å². The summed E-state index contributed by atoms with van der Waals surface area (Å²) >= 11 is 0. The van der Waals surface area contributed by atoms with Gasteiger partial charge in [0.05, 0.1) is 11.3 Å². The van der Waals surface area contributed by atoms with E-state index < -0.39 is 16.2 Å². The smallest absolute Gasteiger partial charge is 0.334 e. The summed E-state index contributed by atoms with van der Waals surface area (Å²) in [6.45, 7) is 1.93. The number of aromatic amines is 1. The Balaban J connectivity index is 2.40. The number of aryl methyl sites for hydroxylation is 1. The Hall–Kier alpha value is -2.70. The average molecular weight is 246 g/mol. The quantitative estimate of drug-likeness (QED) is 0.634. The van der Waals surface area contributed by atoms with Crippen molar-refractivity contribution in [1.29, 1.82) is 0 Å². The van der Waals surface area contributed by atoms with Crippen LogP contribution in [-0.2, 0) is 0 Å². The van der Waals surface area contributed by atoms with Crippen molar-refractivity contribution in [3.8, 4) is 0 Å². The zero-order valence-electron chi connectivity index (χ0n) is 9.51. The highest BCUT2D eigenvalue weighted by Gasteiger charge is 2.20. The Morgan fingerprint density at radius 2 is 2.00 bits per heavy atom. The molecule has 1 aromatic carbocycles. The summed E-state index contributed by atoms with van der Waals surface area (Å²) in [5.41, 5.74) is 0.304. The van der Waals surface area contributed by atoms with Crippen LogP contribution >= 0.6 is 0 Å². The van der Waals surface area contributed by atoms with Crippen molar-refractivity contribution >= 4 is 17.2 Å². The lowest BCUT2D eigenvalue weighted by Crippen LogP contribution is -2.14. The highest BCUT2D eigenvalue weighted by molar-refractivity contribution is 5.64. The van der Waals surface area contributed by atoms with Crippen LogP contribution in [0.1, 0.15) is 5.56 Å². The molecule has 0 aliphatic carbocycles. The van der Waals surface area contributed by atoms with Gasteiger partial charge in [-0.15, -0.1) is 0 Å². The molecular weight excluding hydrogens is 236 g/mol. The number of nitrogens with one attached hydrogen (secondary N) is 2. The third-order valence-electron chi connectivity index (χ3n) is 2.33. The first-order valence-corrected chi connectivity index (χ1v) is 5.13. The van der Waals surface area contributed by atoms with Gasteiger partial charge in [0.1, 0.15) is 0 Å². The fourth-order valence-electron chi connectivity index (χ4n) is 1.43. The average Bonchev–Trinajstić information content (AvgIpc) is 2.32. The van der Waals surface area contributed by atoms with Crippen LogP contribution in [0.2, 0.25) is 0 Å². The van der Waals surface area contributed by atoms with E-state index in [-0.39, 0.29) is 5.82 Å². The molecule has 0 spiro atoms. The van der Waals surface area contributed by atoms with Gasteiger partial charge >= 0.3 is 11.2 Å². The van der Waals surface area contributed by atoms with E-state index in [0.717, 1.165) is 11.9 Å². The van der Waals surface area contributed by atoms with Crippen LogP contribution in [0, 0.1) is 17.0 Å². The van der Waals surface area contributed by atoms with Crippen molar-refractivity contribution in [3.63, 3.8) is 0 Å². The summed E-state index contributed by atoms with van der Waals surface area (Å²) in [7, 11) is 0. The minimum Gasteiger partial charge on any atom is -0.334 e. The largest absolute Gasteiger partial charge is 0.376 e. The Kier molecular flexibility index (Phi) is 3.05. The zero-order chi connectivity index (χ0) is 13.1. The number of nitro groups is 1. The van der Waals surface area contributed by atoms with E-state index in [1.165, 1.54) is 0 Å². The molecular formula is C11H10N4O3. The first-order valence-electron chi connectivity index (χ1n) is 5.13. The van der Waals surface area contributed by atoms with Crippen LogP contribution in [0.15, 0.2) is 35.4 Å². The summed E-state index contributed by atoms with van der Waals surface area (Å²) in [6.07, 6.45) is 1.12. The van der Waals surface area contributed by atoms with Crippen LogP contribution in [0.25, 0.3) is 0 Å². The van der Waals surface area contributed by atoms with Crippen LogP contribution in [-0.4, -0.2) is 14.9 Å². The number of nitrogens with zero attached hydrogens (tertiary/aromatic N) is 2. The first-order chi connectivity index (χ1) is 8.58. The van der Waals surface area contributed by atoms with Gasteiger partial charge in [-0.25, -0.2) is 4.98 Å². The van der Waals surface area contributed by atoms with Gasteiger partial charge < -0.3 is 10.3 Å². The van der Waals surface area contributed by atoms with Gasteiger partial charge in [0, 0.05) is 5.69 Å². The SMILES string of the molecule is Cc1ccc(Nc2nc[nH]c(=O)c2[N+](=O)[O-])cc1. The van der Waals surface area contributed by atoms with Crippen LogP contribution in [0.5, 0.6) is 0 Å². The molecule has 0 unspecified atom stereocenters. The zero-order valence-corrected chi connectivity index (χ0v) is 9.51. The molecule has 18 heavy (non-hydrogen) atoms. The fourth-order valence-corrected chi connectivity index (χ4v) is 1.43. The molecule has 7 nitrogen and oxygen atoms in total. The number of hydrogen-bond donors (Lipinski definition) is 2. The Labute approximate surface area is 102 Å². The molecule has 2 N–H and O–H groups in total. The topological polar surface area (TPSA) is 101 Å². The highest BCUT2D eigenvalue weighted by Crippen LogP contribution is 2.20. The molecule has 0 bridgehead atoms. The summed E-state index contributed by atoms with van der Waals surface area (Å²) in [6, 6.07) is 7.20. The minimum absolute atomic E-state index is 0.0763. The number of aromatic nitrogens is 2. The standard InChI is InChI=1S/C11H10N4O3/c1-7-2-4-8(5-3-7)14-10-9(15(17)18)11(16)13-6-12-10/h2-6H,1H3,(H2,12,13,14,16). The second kappa shape index (κ2) is 4.66. The molecule has 0 aliphatic rings. The molecule has 0 atom stereocenters. The molecule has 7 heteroatoms. The summed E-state index contributed by atoms with van der Waals surface area (Å²) in [4.78, 5) is 27.3. The number of rotatable bonds is 3. The molecule has 1 aromatic heterocycles. The Bertz CT molecular complexity index is 633. The summed E-state index contributed by atoms with van der Waals surface area (Å²) in [5, 5.41) is 13.5. The van der Waals surface area contributed by atoms with Crippen LogP contribution in [0.3, 0.4) is 0 Å². The van der Waals surface area contributed by atoms with E-state index in [0.29, 0.717) is 5.69 Å². The van der Waals surface area contributed by atoms with Gasteiger partial charge in [-0.1, -0.05) is 17.7 Å². The van der Waals surface area contributed by atoms with E-state index in [9.17, 15) is 14.9 Å². The minimum atomic E-state index is -0.787. The number of anilines is 2. The molecule has 0 fully saturated rings. The predicted octanol–water partition coefficient (Wildman–Crippen LogP) is 1.73. The van der Waals surface area contributed by atoms with E-state index in [1.54, 1.807) is 12.1 Å². The van der Waals surface area contributed by atoms with Crippen molar-refractivity contribution in [3.05, 3.63) is 56.6 Å². The lowest BCUT2D eigenvalue weighted by molar-refractivity contribution is -0.385. The molecule has 2 rings (SSSR count). The molecule has 2 aromatic rings. The van der Waals surface area contributed by atoms with Crippen LogP contribution in [0.4, 0.5) is 17.2 Å². The summed E-state index contributed by atoms with van der Waals surface area (Å²) < 4.78 is 0. The number of benzene rings is 1. The lowest BCUT2D eigenvalue weighted by atomic mass is 10.2. The van der Waals surface area contributed by atoms with Gasteiger partial charge in [0.25, 0.3) is 0 Å². The molecule has 0 aliphatic heterocycles. The maximum Gasteiger partial charge on any atom is 0.376 e. The normalized spacial score (nSPS) is 10.1. The molecule has 0 radical (unpaired) electrons. The molecule has 0 saturated carbocycles. The van der Waals surface area contributed by atoms with Gasteiger partial charge in [0.2, 0.25) is 5.82 Å². The third-order valence-corrected chi connectivity index (χ3v) is 2.33. The van der Waals surface area contributed by atoms with E-state index in [1.807, 2.05) is 19.1 Å². The van der Waals surface area contributed by atoms with Crippen molar-refractivity contribution in [2.75, 3.05) is 5.32 Å². The monoisotopic (exact) mass is 246 g/mol. The van der Waals surface area contributed by atoms with Crippen molar-refractivity contribution in [2.45, 2.75) is 6.92 Å². The van der Waals surface area contributed by atoms with Gasteiger partial charge in [-0.05, 0) is 19.1 Å². The Morgan fingerprint density at radius 1 is 1.33 bits per heavy atom. The summed E-state index contributed by atoms with van der Waals surface area (Å²) in [5.74, 6) is -0.0763. The maximum absolute atomic E-state index is 11.3. The second-order valence-electron chi connectivity index (χ2n) is 3.68. The first kappa shape index (κ1) is 11.8. The molecule has 0 amide bonds. The maximum atomic E-state index is 11.3. The van der Waals surface area contributed by atoms with E-state index in [2.05, 4.69) is 15.3 Å². The van der Waals surface area contributed by atoms with Gasteiger partial charge in [-0.2, -0.15) is 0 Å². The molecule has 92 valence electrons. The van der Waals surface area contributed by atoms with Crippen molar-refractivity contribution < 1.29 is 4.92 Å². The third kappa shape index (κ3) is 2.34. The van der Waals surface area contributed by atoms with Gasteiger partial charge in [0.15, 0.2) is 0 Å². The number of H-pyrrole nitrogens is 1. The van der Waals surface area contributed by atoms with E-state index >= 15 is 0 Å². The van der Waals surface area contributed by atoms with Crippen LogP contribution < -0.4 is 10.9 Å². The Morgan fingerprint density at radius 3 is 2.61 bits per heavy atom. The predicted molar refractivity (Wildman–Crippen MR) is 66.0 cm³/mol. The van der Waals surface area contributed by atoms with E-state index in [4.69, 9.17) is 0 Å². The number of hydrogen-bond acceptors (Lipinski definition) is 5. The van der Waals surface area contributed by atoms with Gasteiger partial charge in [-0.3, -0.25) is 14.9 Å². The fraction of sp³-hybridized carbons (Fsp3) is 0.0909. The van der Waals surface area contributed by atoms with Crippen molar-refractivity contribution in [1.82, 2.24) is 9.97 Å².